The summed E-state index contributed by atoms with van der Waals surface area (Å²) in [5, 5.41) is 3.39. The van der Waals surface area contributed by atoms with Gasteiger partial charge in [0.25, 0.3) is 0 Å². The van der Waals surface area contributed by atoms with Crippen molar-refractivity contribution < 1.29 is 4.74 Å². The molecule has 0 aliphatic rings. The lowest BCUT2D eigenvalue weighted by atomic mass is 10.1. The van der Waals surface area contributed by atoms with E-state index in [-0.39, 0.29) is 0 Å². The molecule has 2 nitrogen and oxygen atoms in total. The minimum absolute atomic E-state index is 0.540. The number of para-hydroxylation sites is 1. The van der Waals surface area contributed by atoms with Crippen LogP contribution in [-0.2, 0) is 0 Å². The van der Waals surface area contributed by atoms with Crippen molar-refractivity contribution in [2.75, 3.05) is 19.7 Å². The van der Waals surface area contributed by atoms with Gasteiger partial charge in [-0.25, -0.2) is 0 Å². The topological polar surface area (TPSA) is 21.3 Å². The van der Waals surface area contributed by atoms with Crippen molar-refractivity contribution in [3.8, 4) is 5.75 Å². The van der Waals surface area contributed by atoms with Crippen LogP contribution in [0, 0.1) is 0 Å². The lowest BCUT2D eigenvalue weighted by molar-refractivity contribution is 0.362. The summed E-state index contributed by atoms with van der Waals surface area (Å²) in [5.74, 6) is 0.909. The molecule has 0 aliphatic carbocycles. The fraction of sp³-hybridized carbons (Fsp3) is 0.375. The number of hydrogen-bond donors (Lipinski definition) is 1. The largest absolute Gasteiger partial charge is 0.489 e. The molecular formula is C16H23NO. The normalized spacial score (nSPS) is 11.3. The molecule has 1 N–H and O–H groups in total. The Hall–Kier alpha value is -1.54. The van der Waals surface area contributed by atoms with E-state index < -0.39 is 0 Å². The van der Waals surface area contributed by atoms with Crippen LogP contribution in [0.3, 0.4) is 0 Å². The van der Waals surface area contributed by atoms with Gasteiger partial charge in [-0.05, 0) is 26.0 Å². The number of hydrogen-bond acceptors (Lipinski definition) is 2. The quantitative estimate of drug-likeness (QED) is 0.557. The lowest BCUT2D eigenvalue weighted by Crippen LogP contribution is -2.16. The highest BCUT2D eigenvalue weighted by Crippen LogP contribution is 2.20. The summed E-state index contributed by atoms with van der Waals surface area (Å²) in [5.41, 5.74) is 2.42. The van der Waals surface area contributed by atoms with Crippen molar-refractivity contribution in [3.05, 3.63) is 48.1 Å². The van der Waals surface area contributed by atoms with E-state index in [1.165, 1.54) is 5.57 Å². The first-order valence-electron chi connectivity index (χ1n) is 6.48. The highest BCUT2D eigenvalue weighted by Gasteiger charge is 2.00. The van der Waals surface area contributed by atoms with Crippen LogP contribution in [0.4, 0.5) is 0 Å². The third-order valence-electron chi connectivity index (χ3n) is 2.51. The highest BCUT2D eigenvalue weighted by molar-refractivity contribution is 5.59. The standard InChI is InChI=1S/C16H23NO/c1-4-10-17-13-14(3)12-15-8-6-7-9-16(15)18-11-5-2/h5-9,12,17H,2,4,10-11,13H2,1,3H3. The number of nitrogens with one attached hydrogen (secondary N) is 1. The van der Waals surface area contributed by atoms with Crippen LogP contribution in [0.1, 0.15) is 25.8 Å². The first-order valence-corrected chi connectivity index (χ1v) is 6.48. The molecule has 0 saturated carbocycles. The molecule has 98 valence electrons. The Balaban J connectivity index is 2.69. The lowest BCUT2D eigenvalue weighted by Gasteiger charge is -2.08. The van der Waals surface area contributed by atoms with Crippen LogP contribution >= 0.6 is 0 Å². The average Bonchev–Trinajstić information content (AvgIpc) is 2.38. The molecule has 0 heterocycles. The second kappa shape index (κ2) is 8.54. The molecule has 0 bridgehead atoms. The summed E-state index contributed by atoms with van der Waals surface area (Å²) in [6, 6.07) is 8.07. The zero-order valence-corrected chi connectivity index (χ0v) is 11.4. The number of ether oxygens (including phenoxy) is 1. The predicted molar refractivity (Wildman–Crippen MR) is 78.9 cm³/mol. The Morgan fingerprint density at radius 2 is 2.17 bits per heavy atom. The van der Waals surface area contributed by atoms with Gasteiger partial charge in [-0.2, -0.15) is 0 Å². The Kier molecular flexibility index (Phi) is 6.89. The molecule has 0 unspecified atom stereocenters. The smallest absolute Gasteiger partial charge is 0.126 e. The van der Waals surface area contributed by atoms with Crippen molar-refractivity contribution in [3.63, 3.8) is 0 Å². The maximum Gasteiger partial charge on any atom is 0.126 e. The Labute approximate surface area is 110 Å². The molecule has 0 radical (unpaired) electrons. The minimum atomic E-state index is 0.540. The van der Waals surface area contributed by atoms with E-state index in [4.69, 9.17) is 4.74 Å². The third kappa shape index (κ3) is 5.19. The Bertz CT molecular complexity index is 396. The van der Waals surface area contributed by atoms with Gasteiger partial charge in [-0.3, -0.25) is 0 Å². The van der Waals surface area contributed by atoms with Crippen LogP contribution < -0.4 is 10.1 Å². The molecule has 0 amide bonds. The molecule has 0 fully saturated rings. The molecule has 1 rings (SSSR count). The van der Waals surface area contributed by atoms with Gasteiger partial charge >= 0.3 is 0 Å². The van der Waals surface area contributed by atoms with Crippen molar-refractivity contribution in [2.45, 2.75) is 20.3 Å². The van der Waals surface area contributed by atoms with Crippen molar-refractivity contribution in [1.82, 2.24) is 5.32 Å². The molecule has 2 heteroatoms. The van der Waals surface area contributed by atoms with Crippen molar-refractivity contribution >= 4 is 6.08 Å². The SMILES string of the molecule is C=CCOc1ccccc1C=C(C)CNCCC. The van der Waals surface area contributed by atoms with E-state index in [2.05, 4.69) is 37.9 Å². The minimum Gasteiger partial charge on any atom is -0.489 e. The molecule has 0 saturated heterocycles. The first-order chi connectivity index (χ1) is 8.77. The Morgan fingerprint density at radius 3 is 2.89 bits per heavy atom. The van der Waals surface area contributed by atoms with Crippen LogP contribution in [0.15, 0.2) is 42.5 Å². The van der Waals surface area contributed by atoms with Crippen LogP contribution in [0.25, 0.3) is 6.08 Å². The molecule has 1 aromatic rings. The van der Waals surface area contributed by atoms with Gasteiger partial charge in [0.1, 0.15) is 12.4 Å². The number of rotatable bonds is 8. The fourth-order valence-corrected chi connectivity index (χ4v) is 1.66. The summed E-state index contributed by atoms with van der Waals surface area (Å²) in [7, 11) is 0. The summed E-state index contributed by atoms with van der Waals surface area (Å²) in [6.45, 7) is 10.5. The van der Waals surface area contributed by atoms with Crippen LogP contribution in [0.2, 0.25) is 0 Å². The summed E-state index contributed by atoms with van der Waals surface area (Å²) in [4.78, 5) is 0. The van der Waals surface area contributed by atoms with Gasteiger partial charge in [0, 0.05) is 12.1 Å². The van der Waals surface area contributed by atoms with Crippen molar-refractivity contribution in [2.24, 2.45) is 0 Å². The van der Waals surface area contributed by atoms with E-state index in [1.54, 1.807) is 6.08 Å². The molecule has 0 atom stereocenters. The second-order valence-electron chi connectivity index (χ2n) is 4.30. The van der Waals surface area contributed by atoms with Crippen molar-refractivity contribution in [1.29, 1.82) is 0 Å². The van der Waals surface area contributed by atoms with Gasteiger partial charge in [0.2, 0.25) is 0 Å². The second-order valence-corrected chi connectivity index (χ2v) is 4.30. The monoisotopic (exact) mass is 245 g/mol. The zero-order chi connectivity index (χ0) is 13.2. The van der Waals surface area contributed by atoms with E-state index in [9.17, 15) is 0 Å². The molecule has 0 spiro atoms. The van der Waals surface area contributed by atoms with Crippen LogP contribution in [0.5, 0.6) is 5.75 Å². The molecule has 0 aliphatic heterocycles. The summed E-state index contributed by atoms with van der Waals surface area (Å²) < 4.78 is 5.63. The van der Waals surface area contributed by atoms with Crippen LogP contribution in [-0.4, -0.2) is 19.7 Å². The van der Waals surface area contributed by atoms with E-state index in [0.717, 1.165) is 30.8 Å². The van der Waals surface area contributed by atoms with Gasteiger partial charge in [0.05, 0.1) is 0 Å². The predicted octanol–water partition coefficient (Wildman–Crippen LogP) is 3.65. The van der Waals surface area contributed by atoms with E-state index in [0.29, 0.717) is 6.61 Å². The zero-order valence-electron chi connectivity index (χ0n) is 11.4. The molecular weight excluding hydrogens is 222 g/mol. The molecule has 1 aromatic carbocycles. The molecule has 0 aromatic heterocycles. The maximum absolute atomic E-state index is 5.63. The first kappa shape index (κ1) is 14.5. The average molecular weight is 245 g/mol. The van der Waals surface area contributed by atoms with Gasteiger partial charge < -0.3 is 10.1 Å². The van der Waals surface area contributed by atoms with Gasteiger partial charge in [-0.15, -0.1) is 0 Å². The highest BCUT2D eigenvalue weighted by atomic mass is 16.5. The summed E-state index contributed by atoms with van der Waals surface area (Å²) in [6.07, 6.45) is 5.09. The van der Waals surface area contributed by atoms with E-state index >= 15 is 0 Å². The number of benzene rings is 1. The fourth-order valence-electron chi connectivity index (χ4n) is 1.66. The Morgan fingerprint density at radius 1 is 1.39 bits per heavy atom. The van der Waals surface area contributed by atoms with E-state index in [1.807, 2.05) is 18.2 Å². The molecule has 18 heavy (non-hydrogen) atoms. The third-order valence-corrected chi connectivity index (χ3v) is 2.51. The van der Waals surface area contributed by atoms with Gasteiger partial charge in [0.15, 0.2) is 0 Å². The van der Waals surface area contributed by atoms with Gasteiger partial charge in [-0.1, -0.05) is 49.4 Å². The summed E-state index contributed by atoms with van der Waals surface area (Å²) >= 11 is 0. The maximum atomic E-state index is 5.63.